The zero-order chi connectivity index (χ0) is 9.28. The van der Waals surface area contributed by atoms with Crippen LogP contribution in [0, 0.1) is 0 Å². The van der Waals surface area contributed by atoms with Crippen molar-refractivity contribution in [3.05, 3.63) is 36.6 Å². The third-order valence-corrected chi connectivity index (χ3v) is 1.79. The topological polar surface area (TPSA) is 20.2 Å². The maximum atomic E-state index is 8.92. The fraction of sp³-hybridized carbons (Fsp3) is 0.400. The lowest BCUT2D eigenvalue weighted by molar-refractivity contribution is 0.430. The molecule has 0 heterocycles. The third-order valence-electron chi connectivity index (χ3n) is 0.901. The van der Waals surface area contributed by atoms with E-state index in [1.807, 2.05) is 6.92 Å². The molecule has 0 bridgehead atoms. The van der Waals surface area contributed by atoms with Gasteiger partial charge in [0.15, 0.2) is 0 Å². The van der Waals surface area contributed by atoms with Gasteiger partial charge in [0.05, 0.1) is 0 Å². The van der Waals surface area contributed by atoms with Gasteiger partial charge in [0.1, 0.15) is 5.76 Å². The van der Waals surface area contributed by atoms with E-state index in [4.69, 9.17) is 5.11 Å². The molecule has 12 heavy (non-hydrogen) atoms. The molecule has 0 radical (unpaired) electrons. The minimum Gasteiger partial charge on any atom is -0.508 e. The van der Waals surface area contributed by atoms with Gasteiger partial charge in [0, 0.05) is 5.33 Å². The van der Waals surface area contributed by atoms with Gasteiger partial charge >= 0.3 is 0 Å². The van der Waals surface area contributed by atoms with Crippen LogP contribution in [0.3, 0.4) is 0 Å². The van der Waals surface area contributed by atoms with Gasteiger partial charge < -0.3 is 5.11 Å². The van der Waals surface area contributed by atoms with E-state index in [-0.39, 0.29) is 7.43 Å². The second kappa shape index (κ2) is 13.1. The van der Waals surface area contributed by atoms with Crippen LogP contribution in [0.15, 0.2) is 36.6 Å². The number of aliphatic hydroxyl groups is 1. The normalized spacial score (nSPS) is 10.9. The minimum absolute atomic E-state index is 0. The van der Waals surface area contributed by atoms with Crippen molar-refractivity contribution in [2.24, 2.45) is 0 Å². The van der Waals surface area contributed by atoms with Gasteiger partial charge in [-0.25, -0.2) is 0 Å². The van der Waals surface area contributed by atoms with Gasteiger partial charge in [0.25, 0.3) is 0 Å². The summed E-state index contributed by atoms with van der Waals surface area (Å²) in [4.78, 5) is 0. The number of hydrogen-bond acceptors (Lipinski definition) is 1. The first-order valence-electron chi connectivity index (χ1n) is 3.29. The van der Waals surface area contributed by atoms with Crippen molar-refractivity contribution in [2.75, 3.05) is 5.33 Å². The van der Waals surface area contributed by atoms with E-state index < -0.39 is 0 Å². The van der Waals surface area contributed by atoms with Crippen LogP contribution < -0.4 is 0 Å². The lowest BCUT2D eigenvalue weighted by atomic mass is 10.3. The van der Waals surface area contributed by atoms with Crippen molar-refractivity contribution in [3.63, 3.8) is 0 Å². The molecule has 0 saturated carbocycles. The van der Waals surface area contributed by atoms with E-state index in [9.17, 15) is 0 Å². The van der Waals surface area contributed by atoms with Crippen LogP contribution in [0.25, 0.3) is 0 Å². The Morgan fingerprint density at radius 3 is 2.17 bits per heavy atom. The Kier molecular flexibility index (Phi) is 19.2. The zero-order valence-corrected chi connectivity index (χ0v) is 8.69. The summed E-state index contributed by atoms with van der Waals surface area (Å²) in [6.45, 7) is 9.75. The molecule has 72 valence electrons. The molecule has 0 aliphatic carbocycles. The highest BCUT2D eigenvalue weighted by Gasteiger charge is 1.85. The number of hydrogen-bond donors (Lipinski definition) is 1. The summed E-state index contributed by atoms with van der Waals surface area (Å²) in [6, 6.07) is 0. The van der Waals surface area contributed by atoms with Gasteiger partial charge in [0.2, 0.25) is 0 Å². The molecule has 0 fully saturated rings. The molecule has 0 spiro atoms. The average molecular weight is 235 g/mol. The minimum atomic E-state index is 0. The van der Waals surface area contributed by atoms with Gasteiger partial charge in [-0.1, -0.05) is 28.9 Å². The first-order chi connectivity index (χ1) is 5.20. The lowest BCUT2D eigenvalue weighted by Crippen LogP contribution is -1.78. The van der Waals surface area contributed by atoms with E-state index in [2.05, 4.69) is 29.1 Å². The number of allylic oxidation sites excluding steroid dienone is 3. The molecule has 0 aromatic rings. The molecule has 0 aromatic carbocycles. The quantitative estimate of drug-likeness (QED) is 0.328. The Morgan fingerprint density at radius 1 is 1.50 bits per heavy atom. The summed E-state index contributed by atoms with van der Waals surface area (Å²) in [5, 5.41) is 9.73. The molecule has 0 atom stereocenters. The van der Waals surface area contributed by atoms with E-state index >= 15 is 0 Å². The summed E-state index contributed by atoms with van der Waals surface area (Å²) < 4.78 is 0. The SMILES string of the molecule is C.C/C=C(O)\C=C(/C)CBr.C=C. The van der Waals surface area contributed by atoms with Crippen molar-refractivity contribution in [1.29, 1.82) is 0 Å². The van der Waals surface area contributed by atoms with Gasteiger partial charge in [-0.2, -0.15) is 0 Å². The van der Waals surface area contributed by atoms with Crippen LogP contribution in [0.5, 0.6) is 0 Å². The molecular weight excluding hydrogens is 216 g/mol. The van der Waals surface area contributed by atoms with Crippen molar-refractivity contribution < 1.29 is 5.11 Å². The Morgan fingerprint density at radius 2 is 1.92 bits per heavy atom. The Labute approximate surface area is 84.6 Å². The molecule has 0 amide bonds. The predicted molar refractivity (Wildman–Crippen MR) is 61.9 cm³/mol. The molecule has 0 rings (SSSR count). The fourth-order valence-electron chi connectivity index (χ4n) is 0.374. The molecule has 2 heteroatoms. The highest BCUT2D eigenvalue weighted by Crippen LogP contribution is 2.01. The third kappa shape index (κ3) is 12.2. The van der Waals surface area contributed by atoms with Crippen LogP contribution in [0.4, 0.5) is 0 Å². The molecule has 0 aromatic heterocycles. The van der Waals surface area contributed by atoms with Crippen LogP contribution >= 0.6 is 15.9 Å². The molecule has 0 saturated heterocycles. The zero-order valence-electron chi connectivity index (χ0n) is 7.10. The molecular formula is C10H19BrO. The van der Waals surface area contributed by atoms with E-state index in [1.165, 1.54) is 0 Å². The van der Waals surface area contributed by atoms with E-state index in [0.717, 1.165) is 10.9 Å². The summed E-state index contributed by atoms with van der Waals surface area (Å²) in [5.41, 5.74) is 1.12. The Balaban J connectivity index is -0.000000249. The van der Waals surface area contributed by atoms with Crippen molar-refractivity contribution >= 4 is 15.9 Å². The van der Waals surface area contributed by atoms with Crippen LogP contribution in [0.1, 0.15) is 21.3 Å². The van der Waals surface area contributed by atoms with Crippen molar-refractivity contribution in [2.45, 2.75) is 21.3 Å². The van der Waals surface area contributed by atoms with Crippen molar-refractivity contribution in [3.8, 4) is 0 Å². The maximum Gasteiger partial charge on any atom is 0.111 e. The van der Waals surface area contributed by atoms with Gasteiger partial charge in [-0.3, -0.25) is 0 Å². The maximum absolute atomic E-state index is 8.92. The smallest absolute Gasteiger partial charge is 0.111 e. The fourth-order valence-corrected chi connectivity index (χ4v) is 0.536. The lowest BCUT2D eigenvalue weighted by Gasteiger charge is -1.91. The van der Waals surface area contributed by atoms with Gasteiger partial charge in [-0.15, -0.1) is 13.2 Å². The molecule has 1 nitrogen and oxygen atoms in total. The van der Waals surface area contributed by atoms with Crippen LogP contribution in [0.2, 0.25) is 0 Å². The van der Waals surface area contributed by atoms with Crippen LogP contribution in [-0.2, 0) is 0 Å². The first-order valence-corrected chi connectivity index (χ1v) is 4.41. The standard InChI is InChI=1S/C7H11BrO.C2H4.CH4/c1-3-7(9)4-6(2)5-8;1-2;/h3-4,9H,5H2,1-2H3;1-2H2;1H4/b6-4+,7-3+;;. The number of aliphatic hydroxyl groups excluding tert-OH is 1. The molecule has 1 N–H and O–H groups in total. The molecule has 0 aliphatic rings. The highest BCUT2D eigenvalue weighted by atomic mass is 79.9. The van der Waals surface area contributed by atoms with Gasteiger partial charge in [-0.05, 0) is 26.0 Å². The summed E-state index contributed by atoms with van der Waals surface area (Å²) in [5.74, 6) is 0.326. The Hall–Kier alpha value is -0.500. The first kappa shape index (κ1) is 17.5. The van der Waals surface area contributed by atoms with Crippen LogP contribution in [-0.4, -0.2) is 10.4 Å². The second-order valence-corrected chi connectivity index (χ2v) is 2.40. The van der Waals surface area contributed by atoms with E-state index in [1.54, 1.807) is 19.1 Å². The predicted octanol–water partition coefficient (Wildman–Crippen LogP) is 4.23. The largest absolute Gasteiger partial charge is 0.508 e. The summed E-state index contributed by atoms with van der Waals surface area (Å²) >= 11 is 3.27. The number of rotatable bonds is 2. The number of halogens is 1. The molecule has 0 aliphatic heterocycles. The monoisotopic (exact) mass is 234 g/mol. The summed E-state index contributed by atoms with van der Waals surface area (Å²) in [6.07, 6.45) is 3.39. The average Bonchev–Trinajstić information content (AvgIpc) is 2.07. The Bertz CT molecular complexity index is 148. The summed E-state index contributed by atoms with van der Waals surface area (Å²) in [7, 11) is 0. The van der Waals surface area contributed by atoms with E-state index in [0.29, 0.717) is 5.76 Å². The van der Waals surface area contributed by atoms with Crippen molar-refractivity contribution in [1.82, 2.24) is 0 Å². The second-order valence-electron chi connectivity index (χ2n) is 1.84. The highest BCUT2D eigenvalue weighted by molar-refractivity contribution is 9.09. The number of alkyl halides is 1. The molecule has 0 unspecified atom stereocenters.